The van der Waals surface area contributed by atoms with Crippen LogP contribution in [0.15, 0.2) is 33.9 Å². The summed E-state index contributed by atoms with van der Waals surface area (Å²) in [6.07, 6.45) is 18.4. The molecule has 2 rings (SSSR count). The minimum absolute atomic E-state index is 0.914. The van der Waals surface area contributed by atoms with Gasteiger partial charge in [0.15, 0.2) is 0 Å². The second-order valence-corrected chi connectivity index (χ2v) is 5.85. The van der Waals surface area contributed by atoms with Crippen molar-refractivity contribution < 1.29 is 9.36 Å². The van der Waals surface area contributed by atoms with E-state index in [2.05, 4.69) is 20.4 Å². The van der Waals surface area contributed by atoms with Gasteiger partial charge in [-0.25, -0.2) is 0 Å². The molecular weight excluding hydrogens is 264 g/mol. The molecule has 0 atom stereocenters. The van der Waals surface area contributed by atoms with E-state index in [9.17, 15) is 0 Å². The number of nitrogens with zero attached hydrogens (tertiary/aromatic N) is 2. The van der Waals surface area contributed by atoms with Crippen molar-refractivity contribution in [2.75, 3.05) is 0 Å². The first-order chi connectivity index (χ1) is 10.4. The molecule has 4 heteroatoms. The van der Waals surface area contributed by atoms with Crippen LogP contribution in [0.3, 0.4) is 0 Å². The topological polar surface area (TPSA) is 44.1 Å². The Morgan fingerprint density at radius 2 is 1.43 bits per heavy atom. The molecule has 0 saturated carbocycles. The number of pyridine rings is 1. The predicted octanol–water partition coefficient (Wildman–Crippen LogP) is 5.21. The van der Waals surface area contributed by atoms with Crippen LogP contribution in [0, 0.1) is 0 Å². The maximum Gasteiger partial charge on any atom is 0.0996 e. The zero-order valence-electron chi connectivity index (χ0n) is 13.0. The zero-order chi connectivity index (χ0) is 14.6. The van der Waals surface area contributed by atoms with Crippen LogP contribution in [0.1, 0.15) is 69.8 Å². The SMILES string of the molecule is c1cncc(CCCCCCCCCCCCn2oo2)c1. The quantitative estimate of drug-likeness (QED) is 0.376. The van der Waals surface area contributed by atoms with Crippen molar-refractivity contribution in [2.45, 2.75) is 77.2 Å². The van der Waals surface area contributed by atoms with Crippen molar-refractivity contribution in [1.29, 1.82) is 0 Å². The highest BCUT2D eigenvalue weighted by molar-refractivity contribution is 5.08. The summed E-state index contributed by atoms with van der Waals surface area (Å²) in [5, 5.41) is 0. The lowest BCUT2D eigenvalue weighted by molar-refractivity contribution is 0.264. The summed E-state index contributed by atoms with van der Waals surface area (Å²) in [5.41, 5.74) is 1.37. The normalized spacial score (nSPS) is 11.2. The molecule has 0 spiro atoms. The van der Waals surface area contributed by atoms with Gasteiger partial charge in [-0.2, -0.15) is 0 Å². The van der Waals surface area contributed by atoms with E-state index < -0.39 is 0 Å². The molecule has 0 aromatic carbocycles. The fraction of sp³-hybridized carbons (Fsp3) is 0.706. The summed E-state index contributed by atoms with van der Waals surface area (Å²) in [7, 11) is 0. The van der Waals surface area contributed by atoms with Crippen molar-refractivity contribution in [3.05, 3.63) is 30.1 Å². The standard InChI is InChI=1S/C17H28N2O2/c1(2-4-6-8-10-15-19-20-21-19)3-5-7-9-12-17-13-11-14-18-16-17/h11,13-14,16H,1-10,12,15H2. The van der Waals surface area contributed by atoms with Gasteiger partial charge in [0.05, 0.1) is 6.54 Å². The minimum atomic E-state index is 0.914. The molecule has 0 aliphatic heterocycles. The third kappa shape index (κ3) is 8.43. The average molecular weight is 292 g/mol. The van der Waals surface area contributed by atoms with Gasteiger partial charge in [0.2, 0.25) is 0 Å². The van der Waals surface area contributed by atoms with Gasteiger partial charge in [-0.3, -0.25) is 4.98 Å². The largest absolute Gasteiger partial charge is 0.264 e. The summed E-state index contributed by atoms with van der Waals surface area (Å²) >= 11 is 0. The summed E-state index contributed by atoms with van der Waals surface area (Å²) < 4.78 is 9.12. The maximum absolute atomic E-state index is 4.56. The van der Waals surface area contributed by atoms with E-state index in [1.165, 1.54) is 81.1 Å². The van der Waals surface area contributed by atoms with E-state index in [-0.39, 0.29) is 0 Å². The second-order valence-electron chi connectivity index (χ2n) is 5.85. The molecule has 0 aliphatic rings. The summed E-state index contributed by atoms with van der Waals surface area (Å²) in [5.74, 6) is 0. The van der Waals surface area contributed by atoms with Gasteiger partial charge < -0.3 is 0 Å². The van der Waals surface area contributed by atoms with E-state index in [4.69, 9.17) is 0 Å². The van der Waals surface area contributed by atoms with Crippen molar-refractivity contribution in [3.63, 3.8) is 0 Å². The molecule has 2 heterocycles. The Bertz CT molecular complexity index is 422. The van der Waals surface area contributed by atoms with Crippen molar-refractivity contribution in [3.8, 4) is 0 Å². The predicted molar refractivity (Wildman–Crippen MR) is 83.1 cm³/mol. The number of unbranched alkanes of at least 4 members (excludes halogenated alkanes) is 9. The van der Waals surface area contributed by atoms with Crippen molar-refractivity contribution >= 4 is 0 Å². The van der Waals surface area contributed by atoms with Crippen LogP contribution >= 0.6 is 0 Å². The molecule has 2 aromatic heterocycles. The van der Waals surface area contributed by atoms with E-state index in [0.717, 1.165) is 6.54 Å². The maximum atomic E-state index is 4.56. The van der Waals surface area contributed by atoms with Gasteiger partial charge in [0.25, 0.3) is 0 Å². The van der Waals surface area contributed by atoms with Crippen LogP contribution in [0.4, 0.5) is 0 Å². The molecule has 0 amide bonds. The fourth-order valence-corrected chi connectivity index (χ4v) is 2.63. The van der Waals surface area contributed by atoms with Gasteiger partial charge in [0, 0.05) is 17.3 Å². The molecule has 118 valence electrons. The molecule has 2 aromatic rings. The van der Waals surface area contributed by atoms with Gasteiger partial charge in [-0.05, 0) is 30.9 Å². The summed E-state index contributed by atoms with van der Waals surface area (Å²) in [6.45, 7) is 0.914. The van der Waals surface area contributed by atoms with Crippen LogP contribution in [0.25, 0.3) is 0 Å². The average Bonchev–Trinajstić information content (AvgIpc) is 3.34. The molecule has 21 heavy (non-hydrogen) atoms. The van der Waals surface area contributed by atoms with Crippen molar-refractivity contribution in [1.82, 2.24) is 9.90 Å². The Morgan fingerprint density at radius 3 is 2.00 bits per heavy atom. The van der Waals surface area contributed by atoms with Crippen LogP contribution in [-0.2, 0) is 13.0 Å². The Balaban J connectivity index is 1.28. The number of hydrogen-bond acceptors (Lipinski definition) is 3. The Labute approximate surface area is 127 Å². The Hall–Kier alpha value is -1.45. The molecule has 0 N–H and O–H groups in total. The highest BCUT2D eigenvalue weighted by Crippen LogP contribution is 2.12. The number of rotatable bonds is 13. The smallest absolute Gasteiger partial charge is 0.0996 e. The van der Waals surface area contributed by atoms with Crippen LogP contribution in [0.5, 0.6) is 0 Å². The molecule has 0 saturated heterocycles. The first-order valence-electron chi connectivity index (χ1n) is 8.46. The van der Waals surface area contributed by atoms with E-state index >= 15 is 0 Å². The molecule has 0 unspecified atom stereocenters. The first kappa shape index (κ1) is 15.9. The van der Waals surface area contributed by atoms with E-state index in [0.29, 0.717) is 0 Å². The first-order valence-corrected chi connectivity index (χ1v) is 8.46. The Morgan fingerprint density at radius 1 is 0.810 bits per heavy atom. The van der Waals surface area contributed by atoms with Crippen molar-refractivity contribution in [2.24, 2.45) is 0 Å². The molecule has 0 aliphatic carbocycles. The van der Waals surface area contributed by atoms with Crippen LogP contribution < -0.4 is 0 Å². The summed E-state index contributed by atoms with van der Waals surface area (Å²) in [6, 6.07) is 4.20. The molecule has 0 bridgehead atoms. The number of hydrogen-bond donors (Lipinski definition) is 0. The number of aromatic nitrogens is 2. The molecule has 0 radical (unpaired) electrons. The van der Waals surface area contributed by atoms with Gasteiger partial charge in [0.1, 0.15) is 0 Å². The third-order valence-electron chi connectivity index (χ3n) is 3.96. The van der Waals surface area contributed by atoms with E-state index in [1.54, 1.807) is 0 Å². The lowest BCUT2D eigenvalue weighted by Crippen LogP contribution is -1.88. The lowest BCUT2D eigenvalue weighted by Gasteiger charge is -2.02. The van der Waals surface area contributed by atoms with Crippen LogP contribution in [0.2, 0.25) is 0 Å². The monoisotopic (exact) mass is 292 g/mol. The zero-order valence-corrected chi connectivity index (χ0v) is 13.0. The molecule has 0 fully saturated rings. The molecule has 4 nitrogen and oxygen atoms in total. The highest BCUT2D eigenvalue weighted by atomic mass is 17.3. The van der Waals surface area contributed by atoms with Gasteiger partial charge >= 0.3 is 0 Å². The second kappa shape index (κ2) is 10.3. The minimum Gasteiger partial charge on any atom is -0.264 e. The molecular formula is C17H28N2O2. The summed E-state index contributed by atoms with van der Waals surface area (Å²) in [4.78, 5) is 5.68. The van der Waals surface area contributed by atoms with Gasteiger partial charge in [-0.1, -0.05) is 57.4 Å². The van der Waals surface area contributed by atoms with E-state index in [1.807, 2.05) is 18.5 Å². The third-order valence-corrected chi connectivity index (χ3v) is 3.96. The Kier molecular flexibility index (Phi) is 7.81. The van der Waals surface area contributed by atoms with Crippen LogP contribution in [-0.4, -0.2) is 9.90 Å². The highest BCUT2D eigenvalue weighted by Gasteiger charge is 2.00. The lowest BCUT2D eigenvalue weighted by atomic mass is 10.0. The van der Waals surface area contributed by atoms with Gasteiger partial charge in [-0.15, -0.1) is 9.36 Å². The number of aryl methyl sites for hydroxylation is 2. The fourth-order valence-electron chi connectivity index (χ4n) is 2.63.